The number of unbranched alkanes of at least 4 members (excludes halogenated alkanes) is 5. The molecular formula is C60H79F2N11O6S. The van der Waals surface area contributed by atoms with Crippen molar-refractivity contribution in [1.29, 1.82) is 5.41 Å². The molecule has 3 aromatic rings. The molecule has 6 N–H and O–H groups in total. The van der Waals surface area contributed by atoms with E-state index in [1.165, 1.54) is 23.2 Å². The summed E-state index contributed by atoms with van der Waals surface area (Å²) in [4.78, 5) is 74.2. The summed E-state index contributed by atoms with van der Waals surface area (Å²) in [6, 6.07) is 8.61. The molecule has 5 heterocycles. The Morgan fingerprint density at radius 3 is 2.34 bits per heavy atom. The number of aliphatic hydroxyl groups excluding tert-OH is 1. The minimum atomic E-state index is -0.878. The highest BCUT2D eigenvalue weighted by Gasteiger charge is 2.44. The Morgan fingerprint density at radius 2 is 1.65 bits per heavy atom. The van der Waals surface area contributed by atoms with Crippen LogP contribution in [0.5, 0.6) is 0 Å². The predicted molar refractivity (Wildman–Crippen MR) is 309 cm³/mol. The number of aliphatic imine (C=N–C) groups is 2. The Labute approximate surface area is 473 Å². The van der Waals surface area contributed by atoms with Gasteiger partial charge < -0.3 is 41.4 Å². The molecule has 430 valence electrons. The number of allylic oxidation sites excluding steroid dienone is 3. The molecule has 4 amide bonds. The van der Waals surface area contributed by atoms with Gasteiger partial charge in [0.15, 0.2) is 0 Å². The van der Waals surface area contributed by atoms with Crippen molar-refractivity contribution in [1.82, 2.24) is 41.0 Å². The van der Waals surface area contributed by atoms with E-state index in [2.05, 4.69) is 36.1 Å². The van der Waals surface area contributed by atoms with Crippen LogP contribution in [-0.2, 0) is 37.0 Å². The topological polar surface area (TPSA) is 217 Å². The summed E-state index contributed by atoms with van der Waals surface area (Å²) in [6.07, 6.45) is 16.6. The fraction of sp³-hybridized carbons (Fsp3) is 0.533. The van der Waals surface area contributed by atoms with Gasteiger partial charge in [-0.25, -0.2) is 13.8 Å². The Kier molecular flexibility index (Phi) is 21.2. The molecule has 0 saturated carbocycles. The smallest absolute Gasteiger partial charge is 0.246 e. The van der Waals surface area contributed by atoms with Crippen molar-refractivity contribution in [2.75, 3.05) is 59.0 Å². The molecule has 1 aromatic heterocycles. The fourth-order valence-electron chi connectivity index (χ4n) is 10.9. The van der Waals surface area contributed by atoms with Gasteiger partial charge in [-0.05, 0) is 72.9 Å². The fourth-order valence-corrected chi connectivity index (χ4v) is 11.7. The zero-order chi connectivity index (χ0) is 56.8. The Morgan fingerprint density at radius 1 is 0.938 bits per heavy atom. The zero-order valence-electron chi connectivity index (χ0n) is 46.7. The lowest BCUT2D eigenvalue weighted by Crippen LogP contribution is -2.57. The SMILES string of the molecule is Cc1ncsc1-c1ccc(CNC(=O)[C@H]2CC(O)CN2C(=O)C(NC(=O)CCCCCCCCNC(=O)CN2CCC(N/C=C(\C=N)C3=NC4C(=CC=CC4c4cc(F)c(CN5CCOCC5)c(F)c4)N=C3)CC2)C(C)(C)C)cc1. The molecule has 5 aliphatic rings. The number of hydrogen-bond donors (Lipinski definition) is 6. The maximum absolute atomic E-state index is 15.5. The van der Waals surface area contributed by atoms with Crippen LogP contribution in [0.25, 0.3) is 10.4 Å². The summed E-state index contributed by atoms with van der Waals surface area (Å²) >= 11 is 1.58. The lowest BCUT2D eigenvalue weighted by Gasteiger charge is -2.35. The third kappa shape index (κ3) is 16.2. The van der Waals surface area contributed by atoms with Crippen molar-refractivity contribution < 1.29 is 37.8 Å². The molecule has 0 bridgehead atoms. The molecule has 8 rings (SSSR count). The number of hydrogen-bond acceptors (Lipinski definition) is 14. The van der Waals surface area contributed by atoms with Crippen molar-refractivity contribution in [2.24, 2.45) is 15.4 Å². The van der Waals surface area contributed by atoms with E-state index in [9.17, 15) is 24.3 Å². The van der Waals surface area contributed by atoms with Crippen LogP contribution in [0.15, 0.2) is 87.6 Å². The number of aromatic nitrogens is 1. The Balaban J connectivity index is 0.687. The number of halogens is 2. The number of likely N-dealkylation sites (tertiary alicyclic amines) is 2. The van der Waals surface area contributed by atoms with Crippen LogP contribution in [0.2, 0.25) is 0 Å². The van der Waals surface area contributed by atoms with Gasteiger partial charge in [0.05, 0.1) is 59.6 Å². The first-order chi connectivity index (χ1) is 38.5. The summed E-state index contributed by atoms with van der Waals surface area (Å²) in [7, 11) is 0. The number of fused-ring (bicyclic) bond motifs is 1. The highest BCUT2D eigenvalue weighted by Crippen LogP contribution is 2.36. The van der Waals surface area contributed by atoms with Gasteiger partial charge in [-0.1, -0.05) is 82.9 Å². The van der Waals surface area contributed by atoms with Gasteiger partial charge in [-0.3, -0.25) is 39.0 Å². The van der Waals surface area contributed by atoms with Crippen LogP contribution >= 0.6 is 11.3 Å². The van der Waals surface area contributed by atoms with E-state index in [1.807, 2.05) is 80.6 Å². The highest BCUT2D eigenvalue weighted by atomic mass is 32.1. The molecule has 0 spiro atoms. The van der Waals surface area contributed by atoms with Crippen molar-refractivity contribution in [3.8, 4) is 10.4 Å². The summed E-state index contributed by atoms with van der Waals surface area (Å²) in [5.74, 6) is -2.57. The average Bonchev–Trinajstić information content (AvgIpc) is 4.12. The van der Waals surface area contributed by atoms with Gasteiger partial charge in [0.1, 0.15) is 29.8 Å². The molecule has 0 radical (unpaired) electrons. The second-order valence-corrected chi connectivity index (χ2v) is 23.6. The zero-order valence-corrected chi connectivity index (χ0v) is 47.5. The number of morpholine rings is 1. The number of nitrogens with one attached hydrogen (secondary N) is 5. The van der Waals surface area contributed by atoms with E-state index in [1.54, 1.807) is 23.8 Å². The van der Waals surface area contributed by atoms with Crippen molar-refractivity contribution in [3.63, 3.8) is 0 Å². The summed E-state index contributed by atoms with van der Waals surface area (Å²) in [5, 5.41) is 31.2. The van der Waals surface area contributed by atoms with Gasteiger partial charge in [0.25, 0.3) is 0 Å². The van der Waals surface area contributed by atoms with Gasteiger partial charge in [0.2, 0.25) is 23.6 Å². The van der Waals surface area contributed by atoms with Crippen LogP contribution in [-0.4, -0.2) is 156 Å². The summed E-state index contributed by atoms with van der Waals surface area (Å²) in [6.45, 7) is 12.8. The molecule has 3 saturated heterocycles. The quantitative estimate of drug-likeness (QED) is 0.0403. The van der Waals surface area contributed by atoms with Crippen molar-refractivity contribution >= 4 is 53.1 Å². The highest BCUT2D eigenvalue weighted by molar-refractivity contribution is 7.13. The van der Waals surface area contributed by atoms with Gasteiger partial charge in [-0.2, -0.15) is 0 Å². The molecule has 3 fully saturated rings. The number of carbonyl (C=O) groups is 4. The summed E-state index contributed by atoms with van der Waals surface area (Å²) < 4.78 is 36.3. The molecule has 1 aliphatic carbocycles. The van der Waals surface area contributed by atoms with Crippen LogP contribution in [0.4, 0.5) is 8.78 Å². The Hall–Kier alpha value is -6.32. The molecule has 17 nitrogen and oxygen atoms in total. The number of β-amino-alcohol motifs (C(OH)–C–C–N with tert-alkyl or cyclic N) is 1. The number of nitrogens with zero attached hydrogens (tertiary/aromatic N) is 6. The molecule has 20 heteroatoms. The lowest BCUT2D eigenvalue weighted by molar-refractivity contribution is -0.144. The molecule has 2 aromatic carbocycles. The van der Waals surface area contributed by atoms with E-state index >= 15 is 8.78 Å². The van der Waals surface area contributed by atoms with Gasteiger partial charge in [0, 0.05) is 101 Å². The second-order valence-electron chi connectivity index (χ2n) is 22.7. The predicted octanol–water partition coefficient (Wildman–Crippen LogP) is 6.90. The molecule has 5 atom stereocenters. The van der Waals surface area contributed by atoms with Crippen LogP contribution in [0, 0.1) is 29.4 Å². The molecule has 4 aliphatic heterocycles. The first kappa shape index (κ1) is 59.8. The third-order valence-electron chi connectivity index (χ3n) is 15.6. The lowest BCUT2D eigenvalue weighted by atomic mass is 9.85. The van der Waals surface area contributed by atoms with Gasteiger partial charge >= 0.3 is 0 Å². The van der Waals surface area contributed by atoms with E-state index < -0.39 is 47.2 Å². The maximum Gasteiger partial charge on any atom is 0.246 e. The first-order valence-electron chi connectivity index (χ1n) is 28.3. The number of aliphatic hydroxyl groups is 1. The largest absolute Gasteiger partial charge is 0.391 e. The standard InChI is InChI=1S/C60H79F2N11O6S/c1-39-56(80-38-68-39)41-17-15-40(16-18-41)32-67-58(77)52-30-45(74)35-73(52)59(78)57(60(2,3)4)70-53(75)14-9-7-5-6-8-10-21-64-54(76)37-71-22-19-44(20-23-71)65-33-43(31-63)51-34-66-50-13-11-12-46(55(50)69-51)42-28-48(61)47(49(62)29-42)36-72-24-26-79-27-25-72/h11-13,15-18,28-29,31,33-34,38,44-46,52,55,57,63,65,74H,5-10,14,19-27,30,32,35-37H2,1-4H3,(H,64,76)(H,67,77)(H,70,75)/b43-33+,63-31?/t45?,46?,52-,55?,57?/m1/s1. The van der Waals surface area contributed by atoms with Gasteiger partial charge in [-0.15, -0.1) is 11.3 Å². The number of rotatable bonds is 24. The number of thiazole rings is 1. The second kappa shape index (κ2) is 28.4. The minimum Gasteiger partial charge on any atom is -0.391 e. The third-order valence-corrected chi connectivity index (χ3v) is 16.6. The number of aryl methyl sites for hydroxylation is 1. The number of ether oxygens (including phenoxy) is 1. The van der Waals surface area contributed by atoms with Crippen molar-refractivity contribution in [2.45, 2.75) is 141 Å². The van der Waals surface area contributed by atoms with E-state index in [0.29, 0.717) is 68.4 Å². The van der Waals surface area contributed by atoms with E-state index in [4.69, 9.17) is 15.1 Å². The Bertz CT molecular complexity index is 2790. The molecular weight excluding hydrogens is 1040 g/mol. The van der Waals surface area contributed by atoms with E-state index in [0.717, 1.165) is 79.7 Å². The van der Waals surface area contributed by atoms with E-state index in [-0.39, 0.29) is 67.7 Å². The monoisotopic (exact) mass is 1120 g/mol. The van der Waals surface area contributed by atoms with Crippen LogP contribution in [0.1, 0.15) is 113 Å². The first-order valence-corrected chi connectivity index (χ1v) is 29.2. The molecule has 4 unspecified atom stereocenters. The molecule has 80 heavy (non-hydrogen) atoms. The van der Waals surface area contributed by atoms with Crippen LogP contribution < -0.4 is 21.3 Å². The maximum atomic E-state index is 15.5. The normalized spacial score (nSPS) is 21.3. The summed E-state index contributed by atoms with van der Waals surface area (Å²) in [5.41, 5.74) is 6.35. The number of amides is 4. The average molecular weight is 1120 g/mol. The number of benzene rings is 2. The van der Waals surface area contributed by atoms with Crippen LogP contribution in [0.3, 0.4) is 0 Å². The minimum absolute atomic E-state index is 0.00584. The number of carbonyl (C=O) groups excluding carboxylic acids is 4. The van der Waals surface area contributed by atoms with Crippen molar-refractivity contribution in [3.05, 3.63) is 112 Å². The number of piperidine rings is 1.